The summed E-state index contributed by atoms with van der Waals surface area (Å²) >= 11 is 0. The van der Waals surface area contributed by atoms with Crippen LogP contribution in [0, 0.1) is 6.92 Å². The summed E-state index contributed by atoms with van der Waals surface area (Å²) in [5, 5.41) is 11.3. The van der Waals surface area contributed by atoms with Gasteiger partial charge in [0.2, 0.25) is 5.91 Å². The van der Waals surface area contributed by atoms with Crippen molar-refractivity contribution >= 4 is 18.0 Å². The molecule has 0 aliphatic heterocycles. The molecule has 0 heterocycles. The molecule has 0 fully saturated rings. The number of hydrogen-bond acceptors (Lipinski definition) is 3. The number of carbonyl (C=O) groups is 2. The lowest BCUT2D eigenvalue weighted by atomic mass is 10.1. The number of rotatable bonds is 6. The first-order valence-electron chi connectivity index (χ1n) is 7.45. The Morgan fingerprint density at radius 2 is 1.88 bits per heavy atom. The molecule has 2 rings (SSSR count). The first-order chi connectivity index (χ1) is 11.4. The van der Waals surface area contributed by atoms with Crippen LogP contribution in [0.3, 0.4) is 0 Å². The van der Waals surface area contributed by atoms with Gasteiger partial charge in [-0.15, -0.1) is 0 Å². The summed E-state index contributed by atoms with van der Waals surface area (Å²) < 4.78 is 5.71. The van der Waals surface area contributed by atoms with Crippen LogP contribution in [0.5, 0.6) is 5.75 Å². The van der Waals surface area contributed by atoms with Gasteiger partial charge < -0.3 is 15.2 Å². The highest BCUT2D eigenvalue weighted by Crippen LogP contribution is 2.16. The monoisotopic (exact) mass is 325 g/mol. The molecule has 1 amide bonds. The van der Waals surface area contributed by atoms with Crippen molar-refractivity contribution in [2.24, 2.45) is 0 Å². The van der Waals surface area contributed by atoms with Crippen molar-refractivity contribution < 1.29 is 19.4 Å². The highest BCUT2D eigenvalue weighted by atomic mass is 16.5. The molecule has 0 aromatic heterocycles. The lowest BCUT2D eigenvalue weighted by Gasteiger charge is -2.08. The van der Waals surface area contributed by atoms with Gasteiger partial charge in [0.25, 0.3) is 0 Å². The van der Waals surface area contributed by atoms with Gasteiger partial charge in [-0.25, -0.2) is 4.79 Å². The van der Waals surface area contributed by atoms with Crippen molar-refractivity contribution in [1.82, 2.24) is 5.32 Å². The Kier molecular flexibility index (Phi) is 5.73. The van der Waals surface area contributed by atoms with Crippen molar-refractivity contribution in [3.8, 4) is 5.75 Å². The van der Waals surface area contributed by atoms with E-state index in [0.717, 1.165) is 5.56 Å². The Bertz CT molecular complexity index is 763. The Morgan fingerprint density at radius 3 is 2.46 bits per heavy atom. The van der Waals surface area contributed by atoms with E-state index in [2.05, 4.69) is 11.4 Å². The predicted octanol–water partition coefficient (Wildman–Crippen LogP) is 3.14. The van der Waals surface area contributed by atoms with E-state index in [0.29, 0.717) is 17.9 Å². The third-order valence-electron chi connectivity index (χ3n) is 3.22. The summed E-state index contributed by atoms with van der Waals surface area (Å²) in [6, 6.07) is 15.0. The summed E-state index contributed by atoms with van der Waals surface area (Å²) in [6.07, 6.45) is 1.40. The molecule has 0 bridgehead atoms. The predicted molar refractivity (Wildman–Crippen MR) is 91.4 cm³/mol. The van der Waals surface area contributed by atoms with E-state index in [9.17, 15) is 9.59 Å². The molecule has 24 heavy (non-hydrogen) atoms. The van der Waals surface area contributed by atoms with Gasteiger partial charge in [0.05, 0.1) is 0 Å². The number of amides is 1. The Hall–Kier alpha value is -3.08. The van der Waals surface area contributed by atoms with Crippen molar-refractivity contribution in [3.63, 3.8) is 0 Å². The highest BCUT2D eigenvalue weighted by molar-refractivity contribution is 5.96. The fourth-order valence-corrected chi connectivity index (χ4v) is 2.14. The summed E-state index contributed by atoms with van der Waals surface area (Å²) in [6.45, 7) is 3.75. The van der Waals surface area contributed by atoms with Crippen molar-refractivity contribution in [2.45, 2.75) is 20.5 Å². The topological polar surface area (TPSA) is 75.6 Å². The molecule has 0 aliphatic rings. The van der Waals surface area contributed by atoms with Gasteiger partial charge in [0, 0.05) is 6.92 Å². The van der Waals surface area contributed by atoms with Crippen molar-refractivity contribution in [3.05, 3.63) is 70.9 Å². The second-order valence-corrected chi connectivity index (χ2v) is 5.39. The number of ether oxygens (including phenoxy) is 1. The average molecular weight is 325 g/mol. The molecule has 2 aromatic carbocycles. The standard InChI is InChI=1S/C19H19NO4/c1-13-4-3-5-16(10-13)12-24-17-8-6-15(7-9-17)11-18(19(22)23)20-14(2)21/h3-11H,12H2,1-2H3,(H,20,21)(H,22,23)/b18-11+. The molecule has 5 nitrogen and oxygen atoms in total. The van der Waals surface area contributed by atoms with Crippen LogP contribution in [0.25, 0.3) is 6.08 Å². The first-order valence-corrected chi connectivity index (χ1v) is 7.45. The zero-order chi connectivity index (χ0) is 17.5. The van der Waals surface area contributed by atoms with E-state index < -0.39 is 11.9 Å². The van der Waals surface area contributed by atoms with Crippen LogP contribution in [0.15, 0.2) is 54.2 Å². The number of carbonyl (C=O) groups excluding carboxylic acids is 1. The number of nitrogens with one attached hydrogen (secondary N) is 1. The second kappa shape index (κ2) is 7.97. The molecular weight excluding hydrogens is 306 g/mol. The van der Waals surface area contributed by atoms with Gasteiger partial charge in [-0.2, -0.15) is 0 Å². The molecule has 0 radical (unpaired) electrons. The zero-order valence-electron chi connectivity index (χ0n) is 13.6. The molecule has 124 valence electrons. The van der Waals surface area contributed by atoms with Crippen LogP contribution >= 0.6 is 0 Å². The zero-order valence-corrected chi connectivity index (χ0v) is 13.6. The molecule has 5 heteroatoms. The third kappa shape index (κ3) is 5.28. The van der Waals surface area contributed by atoms with Gasteiger partial charge in [0.15, 0.2) is 0 Å². The maximum absolute atomic E-state index is 11.1. The van der Waals surface area contributed by atoms with Crippen LogP contribution in [-0.2, 0) is 16.2 Å². The average Bonchev–Trinajstić information content (AvgIpc) is 2.53. The quantitative estimate of drug-likeness (QED) is 0.800. The van der Waals surface area contributed by atoms with Crippen molar-refractivity contribution in [2.75, 3.05) is 0 Å². The number of carboxylic acid groups (broad SMARTS) is 1. The largest absolute Gasteiger partial charge is 0.489 e. The van der Waals surface area contributed by atoms with E-state index >= 15 is 0 Å². The summed E-state index contributed by atoms with van der Waals surface area (Å²) in [5.74, 6) is -0.934. The minimum atomic E-state index is -1.19. The second-order valence-electron chi connectivity index (χ2n) is 5.39. The molecule has 0 saturated carbocycles. The minimum Gasteiger partial charge on any atom is -0.489 e. The molecule has 0 atom stereocenters. The van der Waals surface area contributed by atoms with E-state index in [1.54, 1.807) is 24.3 Å². The summed E-state index contributed by atoms with van der Waals surface area (Å²) in [4.78, 5) is 22.1. The normalized spacial score (nSPS) is 11.0. The molecule has 2 aromatic rings. The van der Waals surface area contributed by atoms with E-state index in [1.165, 1.54) is 18.6 Å². The SMILES string of the molecule is CC(=O)N/C(=C/c1ccc(OCc2cccc(C)c2)cc1)C(=O)O. The summed E-state index contributed by atoms with van der Waals surface area (Å²) in [7, 11) is 0. The number of hydrogen-bond donors (Lipinski definition) is 2. The van der Waals surface area contributed by atoms with Gasteiger partial charge in [0.1, 0.15) is 18.1 Å². The van der Waals surface area contributed by atoms with E-state index in [-0.39, 0.29) is 5.70 Å². The van der Waals surface area contributed by atoms with Crippen molar-refractivity contribution in [1.29, 1.82) is 0 Å². The number of benzene rings is 2. The van der Waals surface area contributed by atoms with Crippen LogP contribution in [-0.4, -0.2) is 17.0 Å². The molecule has 0 aliphatic carbocycles. The van der Waals surface area contributed by atoms with Crippen LogP contribution in [0.2, 0.25) is 0 Å². The van der Waals surface area contributed by atoms with Crippen LogP contribution < -0.4 is 10.1 Å². The summed E-state index contributed by atoms with van der Waals surface area (Å²) in [5.41, 5.74) is 2.74. The van der Waals surface area contributed by atoms with E-state index in [1.807, 2.05) is 25.1 Å². The number of carboxylic acids is 1. The lowest BCUT2D eigenvalue weighted by Crippen LogP contribution is -2.24. The minimum absolute atomic E-state index is 0.170. The lowest BCUT2D eigenvalue weighted by molar-refractivity contribution is -0.134. The van der Waals surface area contributed by atoms with Gasteiger partial charge >= 0.3 is 5.97 Å². The third-order valence-corrected chi connectivity index (χ3v) is 3.22. The van der Waals surface area contributed by atoms with Gasteiger partial charge in [-0.05, 0) is 36.3 Å². The van der Waals surface area contributed by atoms with Crippen LogP contribution in [0.4, 0.5) is 0 Å². The fourth-order valence-electron chi connectivity index (χ4n) is 2.14. The molecule has 0 saturated heterocycles. The molecule has 0 spiro atoms. The number of aliphatic carboxylic acids is 1. The van der Waals surface area contributed by atoms with Gasteiger partial charge in [-0.1, -0.05) is 42.0 Å². The van der Waals surface area contributed by atoms with Crippen LogP contribution in [0.1, 0.15) is 23.6 Å². The highest BCUT2D eigenvalue weighted by Gasteiger charge is 2.08. The first kappa shape index (κ1) is 17.3. The number of aryl methyl sites for hydroxylation is 1. The molecular formula is C19H19NO4. The van der Waals surface area contributed by atoms with Gasteiger partial charge in [-0.3, -0.25) is 4.79 Å². The Morgan fingerprint density at radius 1 is 1.17 bits per heavy atom. The molecule has 2 N–H and O–H groups in total. The fraction of sp³-hybridized carbons (Fsp3) is 0.158. The maximum Gasteiger partial charge on any atom is 0.352 e. The smallest absolute Gasteiger partial charge is 0.352 e. The maximum atomic E-state index is 11.1. The molecule has 0 unspecified atom stereocenters. The van der Waals surface area contributed by atoms with E-state index in [4.69, 9.17) is 9.84 Å². The Balaban J connectivity index is 2.04. The Labute approximate surface area is 140 Å².